The highest BCUT2D eigenvalue weighted by atomic mass is 16.6. The molecule has 76 valence electrons. The lowest BCUT2D eigenvalue weighted by atomic mass is 10.3. The largest absolute Gasteiger partial charge is 0.447 e. The summed E-state index contributed by atoms with van der Waals surface area (Å²) in [6, 6.07) is 0. The number of likely N-dealkylation sites (tertiary alicyclic amines) is 1. The third-order valence-corrected chi connectivity index (χ3v) is 2.07. The minimum absolute atomic E-state index is 0.0471. The molecule has 0 aromatic rings. The Morgan fingerprint density at radius 2 is 2.23 bits per heavy atom. The van der Waals surface area contributed by atoms with Crippen molar-refractivity contribution >= 4 is 6.09 Å². The second kappa shape index (κ2) is 4.46. The van der Waals surface area contributed by atoms with Crippen LogP contribution in [0.5, 0.6) is 0 Å². The molecule has 0 aromatic carbocycles. The molecule has 1 heterocycles. The van der Waals surface area contributed by atoms with Crippen LogP contribution in [0.1, 0.15) is 20.3 Å². The van der Waals surface area contributed by atoms with Crippen molar-refractivity contribution in [2.24, 2.45) is 0 Å². The van der Waals surface area contributed by atoms with E-state index in [1.54, 1.807) is 12.0 Å². The molecule has 13 heavy (non-hydrogen) atoms. The molecule has 1 aliphatic rings. The van der Waals surface area contributed by atoms with Gasteiger partial charge in [-0.2, -0.15) is 0 Å². The SMILES string of the molecule is COC1CCN(C(=O)OC(C)C)C1. The summed E-state index contributed by atoms with van der Waals surface area (Å²) < 4.78 is 10.2. The van der Waals surface area contributed by atoms with Crippen LogP contribution in [-0.4, -0.2) is 43.4 Å². The Balaban J connectivity index is 2.33. The summed E-state index contributed by atoms with van der Waals surface area (Å²) in [6.45, 7) is 5.09. The Kier molecular flexibility index (Phi) is 3.54. The van der Waals surface area contributed by atoms with E-state index < -0.39 is 0 Å². The van der Waals surface area contributed by atoms with Gasteiger partial charge in [0.05, 0.1) is 18.8 Å². The quantitative estimate of drug-likeness (QED) is 0.653. The van der Waals surface area contributed by atoms with Gasteiger partial charge < -0.3 is 14.4 Å². The summed E-state index contributed by atoms with van der Waals surface area (Å²) in [5, 5.41) is 0. The Labute approximate surface area is 78.8 Å². The van der Waals surface area contributed by atoms with Gasteiger partial charge in [0, 0.05) is 13.7 Å². The number of methoxy groups -OCH3 is 1. The summed E-state index contributed by atoms with van der Waals surface area (Å²) in [6.07, 6.45) is 0.812. The van der Waals surface area contributed by atoms with Crippen molar-refractivity contribution in [1.82, 2.24) is 4.90 Å². The summed E-state index contributed by atoms with van der Waals surface area (Å²) in [4.78, 5) is 13.1. The maximum Gasteiger partial charge on any atom is 0.410 e. The molecule has 1 saturated heterocycles. The van der Waals surface area contributed by atoms with E-state index in [9.17, 15) is 4.79 Å². The van der Waals surface area contributed by atoms with Gasteiger partial charge in [0.2, 0.25) is 0 Å². The minimum Gasteiger partial charge on any atom is -0.447 e. The van der Waals surface area contributed by atoms with E-state index in [0.717, 1.165) is 13.0 Å². The highest BCUT2D eigenvalue weighted by Gasteiger charge is 2.27. The molecule has 4 nitrogen and oxygen atoms in total. The average Bonchev–Trinajstić information content (AvgIpc) is 2.50. The Bertz CT molecular complexity index is 182. The molecule has 1 aliphatic heterocycles. The van der Waals surface area contributed by atoms with Crippen LogP contribution in [-0.2, 0) is 9.47 Å². The smallest absolute Gasteiger partial charge is 0.410 e. The molecule has 0 aliphatic carbocycles. The van der Waals surface area contributed by atoms with Crippen LogP contribution in [0.4, 0.5) is 4.79 Å². The molecule has 0 N–H and O–H groups in total. The van der Waals surface area contributed by atoms with Gasteiger partial charge in [0.15, 0.2) is 0 Å². The number of nitrogens with zero attached hydrogens (tertiary/aromatic N) is 1. The van der Waals surface area contributed by atoms with E-state index in [1.165, 1.54) is 0 Å². The first kappa shape index (κ1) is 10.3. The number of rotatable bonds is 2. The van der Waals surface area contributed by atoms with E-state index in [0.29, 0.717) is 6.54 Å². The summed E-state index contributed by atoms with van der Waals surface area (Å²) in [5.41, 5.74) is 0. The molecule has 1 amide bonds. The zero-order chi connectivity index (χ0) is 9.84. The average molecular weight is 187 g/mol. The van der Waals surface area contributed by atoms with Crippen molar-refractivity contribution in [1.29, 1.82) is 0 Å². The van der Waals surface area contributed by atoms with Crippen molar-refractivity contribution in [3.8, 4) is 0 Å². The number of amides is 1. The standard InChI is InChI=1S/C9H17NO3/c1-7(2)13-9(11)10-5-4-8(6-10)12-3/h7-8H,4-6H2,1-3H3. The van der Waals surface area contributed by atoms with Crippen molar-refractivity contribution in [2.75, 3.05) is 20.2 Å². The molecule has 4 heteroatoms. The number of hydrogen-bond donors (Lipinski definition) is 0. The summed E-state index contributed by atoms with van der Waals surface area (Å²) in [7, 11) is 1.67. The van der Waals surface area contributed by atoms with Crippen LogP contribution in [0, 0.1) is 0 Å². The zero-order valence-corrected chi connectivity index (χ0v) is 8.45. The molecule has 0 radical (unpaired) electrons. The first-order valence-electron chi connectivity index (χ1n) is 4.62. The van der Waals surface area contributed by atoms with E-state index >= 15 is 0 Å². The topological polar surface area (TPSA) is 38.8 Å². The van der Waals surface area contributed by atoms with E-state index in [1.807, 2.05) is 13.8 Å². The van der Waals surface area contributed by atoms with Crippen LogP contribution >= 0.6 is 0 Å². The van der Waals surface area contributed by atoms with Crippen LogP contribution in [0.3, 0.4) is 0 Å². The van der Waals surface area contributed by atoms with Gasteiger partial charge >= 0.3 is 6.09 Å². The molecule has 1 unspecified atom stereocenters. The molecule has 1 atom stereocenters. The fraction of sp³-hybridized carbons (Fsp3) is 0.889. The Morgan fingerprint density at radius 1 is 1.54 bits per heavy atom. The molecular formula is C9H17NO3. The van der Waals surface area contributed by atoms with Gasteiger partial charge in [-0.05, 0) is 20.3 Å². The third-order valence-electron chi connectivity index (χ3n) is 2.07. The Morgan fingerprint density at radius 3 is 2.69 bits per heavy atom. The van der Waals surface area contributed by atoms with Crippen molar-refractivity contribution in [2.45, 2.75) is 32.5 Å². The van der Waals surface area contributed by atoms with Gasteiger partial charge in [-0.25, -0.2) is 4.79 Å². The molecule has 0 spiro atoms. The fourth-order valence-electron chi connectivity index (χ4n) is 1.36. The normalized spacial score (nSPS) is 22.5. The summed E-state index contributed by atoms with van der Waals surface area (Å²) >= 11 is 0. The van der Waals surface area contributed by atoms with Crippen molar-refractivity contribution in [3.63, 3.8) is 0 Å². The molecule has 0 bridgehead atoms. The zero-order valence-electron chi connectivity index (χ0n) is 8.45. The monoisotopic (exact) mass is 187 g/mol. The predicted octanol–water partition coefficient (Wildman–Crippen LogP) is 1.25. The predicted molar refractivity (Wildman–Crippen MR) is 48.6 cm³/mol. The van der Waals surface area contributed by atoms with Gasteiger partial charge in [-0.1, -0.05) is 0 Å². The van der Waals surface area contributed by atoms with E-state index in [-0.39, 0.29) is 18.3 Å². The molecule has 1 fully saturated rings. The lowest BCUT2D eigenvalue weighted by molar-refractivity contribution is 0.0714. The Hall–Kier alpha value is -0.770. The van der Waals surface area contributed by atoms with Crippen molar-refractivity contribution in [3.05, 3.63) is 0 Å². The second-order valence-electron chi connectivity index (χ2n) is 3.52. The molecule has 1 rings (SSSR count). The first-order chi connectivity index (χ1) is 6.13. The van der Waals surface area contributed by atoms with E-state index in [4.69, 9.17) is 9.47 Å². The number of hydrogen-bond acceptors (Lipinski definition) is 3. The number of ether oxygens (including phenoxy) is 2. The van der Waals surface area contributed by atoms with Crippen LogP contribution in [0.2, 0.25) is 0 Å². The molecule has 0 aromatic heterocycles. The van der Waals surface area contributed by atoms with Crippen LogP contribution < -0.4 is 0 Å². The lowest BCUT2D eigenvalue weighted by Crippen LogP contribution is -2.32. The summed E-state index contributed by atoms with van der Waals surface area (Å²) in [5.74, 6) is 0. The number of carbonyl (C=O) groups is 1. The second-order valence-corrected chi connectivity index (χ2v) is 3.52. The van der Waals surface area contributed by atoms with Gasteiger partial charge in [-0.3, -0.25) is 0 Å². The number of carbonyl (C=O) groups excluding carboxylic acids is 1. The highest BCUT2D eigenvalue weighted by molar-refractivity contribution is 5.68. The molecule has 0 saturated carbocycles. The third kappa shape index (κ3) is 2.88. The van der Waals surface area contributed by atoms with Gasteiger partial charge in [-0.15, -0.1) is 0 Å². The lowest BCUT2D eigenvalue weighted by Gasteiger charge is -2.17. The minimum atomic E-state index is -0.227. The van der Waals surface area contributed by atoms with Gasteiger partial charge in [0.25, 0.3) is 0 Å². The van der Waals surface area contributed by atoms with Crippen molar-refractivity contribution < 1.29 is 14.3 Å². The molecular weight excluding hydrogens is 170 g/mol. The van der Waals surface area contributed by atoms with Crippen LogP contribution in [0.15, 0.2) is 0 Å². The van der Waals surface area contributed by atoms with E-state index in [2.05, 4.69) is 0 Å². The first-order valence-corrected chi connectivity index (χ1v) is 4.62. The maximum atomic E-state index is 11.4. The fourth-order valence-corrected chi connectivity index (χ4v) is 1.36. The maximum absolute atomic E-state index is 11.4. The van der Waals surface area contributed by atoms with Gasteiger partial charge in [0.1, 0.15) is 0 Å². The van der Waals surface area contributed by atoms with Crippen LogP contribution in [0.25, 0.3) is 0 Å². The highest BCUT2D eigenvalue weighted by Crippen LogP contribution is 2.13.